The van der Waals surface area contributed by atoms with Crippen LogP contribution in [0.4, 0.5) is 4.79 Å². The normalized spacial score (nSPS) is 24.3. The van der Waals surface area contributed by atoms with Crippen LogP contribution >= 0.6 is 0 Å². The number of nitrogens with one attached hydrogen (secondary N) is 1. The van der Waals surface area contributed by atoms with Crippen molar-refractivity contribution in [1.82, 2.24) is 10.2 Å². The molecule has 1 N–H and O–H groups in total. The standard InChI is InChI=1S/C16H30N2O4/c1-16(2,3)22-15(19)18-6-9-21-12-14(18)11-17-10-13-4-7-20-8-5-13/h13-14,17H,4-12H2,1-3H3. The van der Waals surface area contributed by atoms with Crippen LogP contribution in [0.2, 0.25) is 0 Å². The van der Waals surface area contributed by atoms with Gasteiger partial charge in [-0.2, -0.15) is 0 Å². The summed E-state index contributed by atoms with van der Waals surface area (Å²) in [6, 6.07) is 0.0449. The smallest absolute Gasteiger partial charge is 0.410 e. The van der Waals surface area contributed by atoms with E-state index in [0.717, 1.165) is 39.1 Å². The zero-order chi connectivity index (χ0) is 16.0. The summed E-state index contributed by atoms with van der Waals surface area (Å²) in [5.41, 5.74) is -0.463. The molecule has 0 spiro atoms. The van der Waals surface area contributed by atoms with Crippen LogP contribution in [0.1, 0.15) is 33.6 Å². The summed E-state index contributed by atoms with van der Waals surface area (Å²) in [4.78, 5) is 14.1. The number of rotatable bonds is 4. The lowest BCUT2D eigenvalue weighted by Gasteiger charge is -2.37. The molecule has 2 fully saturated rings. The maximum atomic E-state index is 12.3. The fraction of sp³-hybridized carbons (Fsp3) is 0.938. The van der Waals surface area contributed by atoms with Crippen molar-refractivity contribution in [3.05, 3.63) is 0 Å². The molecule has 2 aliphatic rings. The molecule has 1 unspecified atom stereocenters. The molecule has 0 aromatic rings. The van der Waals surface area contributed by atoms with Gasteiger partial charge in [-0.15, -0.1) is 0 Å². The highest BCUT2D eigenvalue weighted by molar-refractivity contribution is 5.68. The Bertz CT molecular complexity index is 351. The van der Waals surface area contributed by atoms with Gasteiger partial charge in [0.15, 0.2) is 0 Å². The minimum absolute atomic E-state index is 0.0449. The number of hydrogen-bond donors (Lipinski definition) is 1. The first kappa shape index (κ1) is 17.5. The zero-order valence-electron chi connectivity index (χ0n) is 14.1. The van der Waals surface area contributed by atoms with Crippen LogP contribution in [0.3, 0.4) is 0 Å². The molecule has 0 bridgehead atoms. The first-order chi connectivity index (χ1) is 10.5. The molecule has 1 amide bonds. The van der Waals surface area contributed by atoms with Crippen molar-refractivity contribution in [1.29, 1.82) is 0 Å². The van der Waals surface area contributed by atoms with Crippen LogP contribution in [0, 0.1) is 5.92 Å². The maximum absolute atomic E-state index is 12.3. The Morgan fingerprint density at radius 1 is 1.18 bits per heavy atom. The zero-order valence-corrected chi connectivity index (χ0v) is 14.1. The number of ether oxygens (including phenoxy) is 3. The molecule has 2 rings (SSSR count). The van der Waals surface area contributed by atoms with Crippen LogP contribution in [0.15, 0.2) is 0 Å². The van der Waals surface area contributed by atoms with Crippen molar-refractivity contribution in [2.75, 3.05) is 46.1 Å². The van der Waals surface area contributed by atoms with E-state index in [2.05, 4.69) is 5.32 Å². The Kier molecular flexibility index (Phi) is 6.47. The lowest BCUT2D eigenvalue weighted by atomic mass is 10.0. The molecule has 2 saturated heterocycles. The highest BCUT2D eigenvalue weighted by atomic mass is 16.6. The summed E-state index contributed by atoms with van der Waals surface area (Å²) in [6.45, 7) is 10.9. The second-order valence-corrected chi connectivity index (χ2v) is 7.12. The molecule has 128 valence electrons. The number of amides is 1. The number of carbonyl (C=O) groups is 1. The minimum Gasteiger partial charge on any atom is -0.444 e. The highest BCUT2D eigenvalue weighted by Crippen LogP contribution is 2.16. The lowest BCUT2D eigenvalue weighted by Crippen LogP contribution is -2.54. The summed E-state index contributed by atoms with van der Waals surface area (Å²) in [6.07, 6.45) is 1.99. The second kappa shape index (κ2) is 8.13. The molecule has 0 aromatic heterocycles. The van der Waals surface area contributed by atoms with Gasteiger partial charge in [0.25, 0.3) is 0 Å². The van der Waals surface area contributed by atoms with E-state index < -0.39 is 5.60 Å². The van der Waals surface area contributed by atoms with Gasteiger partial charge in [-0.1, -0.05) is 0 Å². The largest absolute Gasteiger partial charge is 0.444 e. The van der Waals surface area contributed by atoms with Crippen molar-refractivity contribution in [2.24, 2.45) is 5.92 Å². The van der Waals surface area contributed by atoms with Gasteiger partial charge in [0, 0.05) is 26.3 Å². The SMILES string of the molecule is CC(C)(C)OC(=O)N1CCOCC1CNCC1CCOCC1. The fourth-order valence-corrected chi connectivity index (χ4v) is 2.79. The van der Waals surface area contributed by atoms with Crippen molar-refractivity contribution >= 4 is 6.09 Å². The molecule has 2 aliphatic heterocycles. The third-order valence-electron chi connectivity index (χ3n) is 4.01. The summed E-state index contributed by atoms with van der Waals surface area (Å²) >= 11 is 0. The number of carbonyl (C=O) groups excluding carboxylic acids is 1. The molecule has 22 heavy (non-hydrogen) atoms. The summed E-state index contributed by atoms with van der Waals surface area (Å²) in [5, 5.41) is 3.49. The highest BCUT2D eigenvalue weighted by Gasteiger charge is 2.30. The molecule has 0 saturated carbocycles. The van der Waals surface area contributed by atoms with Crippen molar-refractivity contribution < 1.29 is 19.0 Å². The van der Waals surface area contributed by atoms with Crippen LogP contribution < -0.4 is 5.32 Å². The van der Waals surface area contributed by atoms with E-state index in [1.54, 1.807) is 4.90 Å². The van der Waals surface area contributed by atoms with Gasteiger partial charge in [-0.05, 0) is 46.1 Å². The number of nitrogens with zero attached hydrogens (tertiary/aromatic N) is 1. The van der Waals surface area contributed by atoms with Gasteiger partial charge in [0.05, 0.1) is 19.3 Å². The molecule has 6 nitrogen and oxygen atoms in total. The van der Waals surface area contributed by atoms with E-state index in [9.17, 15) is 4.79 Å². The van der Waals surface area contributed by atoms with Crippen molar-refractivity contribution in [3.63, 3.8) is 0 Å². The molecule has 0 radical (unpaired) electrons. The van der Waals surface area contributed by atoms with Gasteiger partial charge in [-0.3, -0.25) is 4.90 Å². The van der Waals surface area contributed by atoms with Crippen molar-refractivity contribution in [3.8, 4) is 0 Å². The predicted octanol–water partition coefficient (Wildman–Crippen LogP) is 1.64. The summed E-state index contributed by atoms with van der Waals surface area (Å²) in [5.74, 6) is 0.674. The minimum atomic E-state index is -0.463. The van der Waals surface area contributed by atoms with Gasteiger partial charge >= 0.3 is 6.09 Å². The summed E-state index contributed by atoms with van der Waals surface area (Å²) in [7, 11) is 0. The Labute approximate surface area is 133 Å². The van der Waals surface area contributed by atoms with Crippen LogP contribution in [-0.4, -0.2) is 68.7 Å². The predicted molar refractivity (Wildman–Crippen MR) is 84.0 cm³/mol. The lowest BCUT2D eigenvalue weighted by molar-refractivity contribution is -0.0320. The third kappa shape index (κ3) is 5.74. The van der Waals surface area contributed by atoms with E-state index in [-0.39, 0.29) is 12.1 Å². The average molecular weight is 314 g/mol. The quantitative estimate of drug-likeness (QED) is 0.855. The van der Waals surface area contributed by atoms with E-state index in [1.807, 2.05) is 20.8 Å². The molecule has 6 heteroatoms. The fourth-order valence-electron chi connectivity index (χ4n) is 2.79. The number of morpholine rings is 1. The Hall–Kier alpha value is -0.850. The third-order valence-corrected chi connectivity index (χ3v) is 4.01. The second-order valence-electron chi connectivity index (χ2n) is 7.12. The molecule has 0 aliphatic carbocycles. The monoisotopic (exact) mass is 314 g/mol. The van der Waals surface area contributed by atoms with Gasteiger partial charge in [0.1, 0.15) is 5.60 Å². The first-order valence-electron chi connectivity index (χ1n) is 8.31. The first-order valence-corrected chi connectivity index (χ1v) is 8.31. The Morgan fingerprint density at radius 3 is 2.59 bits per heavy atom. The van der Waals surface area contributed by atoms with E-state index >= 15 is 0 Å². The molecular weight excluding hydrogens is 284 g/mol. The van der Waals surface area contributed by atoms with E-state index in [4.69, 9.17) is 14.2 Å². The summed E-state index contributed by atoms with van der Waals surface area (Å²) < 4.78 is 16.4. The van der Waals surface area contributed by atoms with Gasteiger partial charge in [0.2, 0.25) is 0 Å². The van der Waals surface area contributed by atoms with Crippen LogP contribution in [-0.2, 0) is 14.2 Å². The Morgan fingerprint density at radius 2 is 1.91 bits per heavy atom. The van der Waals surface area contributed by atoms with Gasteiger partial charge < -0.3 is 19.5 Å². The molecule has 1 atom stereocenters. The number of hydrogen-bond acceptors (Lipinski definition) is 5. The van der Waals surface area contributed by atoms with Gasteiger partial charge in [-0.25, -0.2) is 4.79 Å². The average Bonchev–Trinajstić information content (AvgIpc) is 2.47. The molecular formula is C16H30N2O4. The molecule has 2 heterocycles. The maximum Gasteiger partial charge on any atom is 0.410 e. The molecule has 0 aromatic carbocycles. The van der Waals surface area contributed by atoms with Crippen molar-refractivity contribution in [2.45, 2.75) is 45.3 Å². The van der Waals surface area contributed by atoms with E-state index in [1.165, 1.54) is 0 Å². The topological polar surface area (TPSA) is 60.0 Å². The van der Waals surface area contributed by atoms with E-state index in [0.29, 0.717) is 25.7 Å². The van der Waals surface area contributed by atoms with Crippen LogP contribution in [0.5, 0.6) is 0 Å². The van der Waals surface area contributed by atoms with Crippen LogP contribution in [0.25, 0.3) is 0 Å². The Balaban J connectivity index is 1.77.